The number of benzene rings is 2. The molecule has 1 aliphatic carbocycles. The maximum Gasteiger partial charge on any atom is 0.171 e. The predicted octanol–water partition coefficient (Wildman–Crippen LogP) is 3.42. The number of methoxy groups -OCH3 is 2. The lowest BCUT2D eigenvalue weighted by Crippen LogP contribution is -1.99. The van der Waals surface area contributed by atoms with Gasteiger partial charge in [-0.25, -0.2) is 0 Å². The minimum Gasteiger partial charge on any atom is -0.493 e. The van der Waals surface area contributed by atoms with Crippen LogP contribution in [0.3, 0.4) is 0 Å². The van der Waals surface area contributed by atoms with Crippen molar-refractivity contribution in [2.24, 2.45) is 0 Å². The minimum absolute atomic E-state index is 0.110. The largest absolute Gasteiger partial charge is 0.493 e. The molecule has 1 aliphatic rings. The number of carbonyl (C=O) groups excluding carboxylic acids is 1. The van der Waals surface area contributed by atoms with Crippen molar-refractivity contribution >= 4 is 5.78 Å². The SMILES string of the molecule is COc1ccc2c(c1OC)C(=O)CC2c1ccccc1. The highest BCUT2D eigenvalue weighted by molar-refractivity contribution is 6.05. The van der Waals surface area contributed by atoms with Gasteiger partial charge in [0.25, 0.3) is 0 Å². The average molecular weight is 268 g/mol. The molecule has 2 aromatic rings. The first-order chi connectivity index (χ1) is 9.76. The zero-order valence-corrected chi connectivity index (χ0v) is 11.6. The van der Waals surface area contributed by atoms with Crippen molar-refractivity contribution in [3.63, 3.8) is 0 Å². The van der Waals surface area contributed by atoms with E-state index in [0.29, 0.717) is 23.5 Å². The van der Waals surface area contributed by atoms with Gasteiger partial charge in [0, 0.05) is 12.3 Å². The van der Waals surface area contributed by atoms with Crippen LogP contribution in [-0.2, 0) is 0 Å². The number of ketones is 1. The summed E-state index contributed by atoms with van der Waals surface area (Å²) in [6, 6.07) is 13.9. The third kappa shape index (κ3) is 1.86. The standard InChI is InChI=1S/C17H16O3/c1-19-15-9-8-12-13(11-6-4-3-5-7-11)10-14(18)16(12)17(15)20-2/h3-9,13H,10H2,1-2H3. The summed E-state index contributed by atoms with van der Waals surface area (Å²) < 4.78 is 10.7. The Morgan fingerprint density at radius 2 is 1.75 bits per heavy atom. The van der Waals surface area contributed by atoms with Crippen molar-refractivity contribution in [3.8, 4) is 11.5 Å². The average Bonchev–Trinajstić information content (AvgIpc) is 2.84. The Morgan fingerprint density at radius 3 is 2.40 bits per heavy atom. The first-order valence-corrected chi connectivity index (χ1v) is 6.59. The van der Waals surface area contributed by atoms with Crippen molar-refractivity contribution < 1.29 is 14.3 Å². The summed E-state index contributed by atoms with van der Waals surface area (Å²) in [6.45, 7) is 0. The molecule has 0 heterocycles. The van der Waals surface area contributed by atoms with Gasteiger partial charge in [-0.1, -0.05) is 36.4 Å². The second-order valence-electron chi connectivity index (χ2n) is 4.86. The normalized spacial score (nSPS) is 16.9. The number of carbonyl (C=O) groups is 1. The van der Waals surface area contributed by atoms with E-state index in [2.05, 4.69) is 12.1 Å². The summed E-state index contributed by atoms with van der Waals surface area (Å²) in [5.74, 6) is 1.38. The highest BCUT2D eigenvalue weighted by Crippen LogP contribution is 2.45. The molecule has 0 N–H and O–H groups in total. The minimum atomic E-state index is 0.110. The molecule has 0 saturated carbocycles. The van der Waals surface area contributed by atoms with Crippen LogP contribution in [0.5, 0.6) is 11.5 Å². The molecule has 20 heavy (non-hydrogen) atoms. The van der Waals surface area contributed by atoms with E-state index in [-0.39, 0.29) is 11.7 Å². The zero-order valence-electron chi connectivity index (χ0n) is 11.6. The van der Waals surface area contributed by atoms with E-state index in [1.54, 1.807) is 14.2 Å². The first-order valence-electron chi connectivity index (χ1n) is 6.59. The Kier molecular flexibility index (Phi) is 3.18. The van der Waals surface area contributed by atoms with Gasteiger partial charge in [-0.2, -0.15) is 0 Å². The fourth-order valence-corrected chi connectivity index (χ4v) is 2.90. The molecule has 3 rings (SSSR count). The molecule has 3 heteroatoms. The van der Waals surface area contributed by atoms with Gasteiger partial charge >= 0.3 is 0 Å². The smallest absolute Gasteiger partial charge is 0.171 e. The van der Waals surface area contributed by atoms with Crippen LogP contribution in [0, 0.1) is 0 Å². The Morgan fingerprint density at radius 1 is 1.00 bits per heavy atom. The Bertz CT molecular complexity index is 647. The molecule has 2 aromatic carbocycles. The monoisotopic (exact) mass is 268 g/mol. The predicted molar refractivity (Wildman–Crippen MR) is 76.8 cm³/mol. The molecule has 0 saturated heterocycles. The van der Waals surface area contributed by atoms with Gasteiger partial charge in [-0.15, -0.1) is 0 Å². The topological polar surface area (TPSA) is 35.5 Å². The second-order valence-corrected chi connectivity index (χ2v) is 4.86. The molecule has 102 valence electrons. The van der Waals surface area contributed by atoms with Crippen LogP contribution in [0.2, 0.25) is 0 Å². The molecule has 0 fully saturated rings. The first kappa shape index (κ1) is 12.7. The molecule has 0 amide bonds. The zero-order chi connectivity index (χ0) is 14.1. The van der Waals surface area contributed by atoms with Gasteiger partial charge < -0.3 is 9.47 Å². The summed E-state index contributed by atoms with van der Waals surface area (Å²) in [5.41, 5.74) is 2.85. The third-order valence-corrected chi connectivity index (χ3v) is 3.82. The van der Waals surface area contributed by atoms with Crippen molar-refractivity contribution in [1.82, 2.24) is 0 Å². The molecule has 0 aliphatic heterocycles. The summed E-state index contributed by atoms with van der Waals surface area (Å²) >= 11 is 0. The lowest BCUT2D eigenvalue weighted by Gasteiger charge is -2.14. The van der Waals surface area contributed by atoms with E-state index in [1.165, 1.54) is 0 Å². The van der Waals surface area contributed by atoms with Crippen LogP contribution in [0.15, 0.2) is 42.5 Å². The van der Waals surface area contributed by atoms with Crippen LogP contribution < -0.4 is 9.47 Å². The molecule has 0 spiro atoms. The molecular weight excluding hydrogens is 252 g/mol. The summed E-state index contributed by atoms with van der Waals surface area (Å²) in [5, 5.41) is 0. The van der Waals surface area contributed by atoms with Gasteiger partial charge in [-0.05, 0) is 17.2 Å². The quantitative estimate of drug-likeness (QED) is 0.855. The van der Waals surface area contributed by atoms with Crippen LogP contribution in [0.1, 0.15) is 33.8 Å². The molecule has 3 nitrogen and oxygen atoms in total. The lowest BCUT2D eigenvalue weighted by molar-refractivity contribution is 0.0988. The van der Waals surface area contributed by atoms with Crippen LogP contribution >= 0.6 is 0 Å². The second kappa shape index (κ2) is 5.00. The Balaban J connectivity index is 2.15. The summed E-state index contributed by atoms with van der Waals surface area (Å²) in [6.07, 6.45) is 0.489. The number of rotatable bonds is 3. The van der Waals surface area contributed by atoms with Crippen molar-refractivity contribution in [2.75, 3.05) is 14.2 Å². The highest BCUT2D eigenvalue weighted by atomic mass is 16.5. The number of hydrogen-bond acceptors (Lipinski definition) is 3. The Hall–Kier alpha value is -2.29. The van der Waals surface area contributed by atoms with Crippen LogP contribution in [-0.4, -0.2) is 20.0 Å². The van der Waals surface area contributed by atoms with Gasteiger partial charge in [0.15, 0.2) is 17.3 Å². The van der Waals surface area contributed by atoms with Crippen molar-refractivity contribution in [3.05, 3.63) is 59.2 Å². The maximum absolute atomic E-state index is 12.4. The van der Waals surface area contributed by atoms with E-state index in [4.69, 9.17) is 9.47 Å². The Labute approximate surface area is 118 Å². The molecule has 0 radical (unpaired) electrons. The summed E-state index contributed by atoms with van der Waals surface area (Å²) in [7, 11) is 3.15. The van der Waals surface area contributed by atoms with E-state index in [0.717, 1.165) is 11.1 Å². The lowest BCUT2D eigenvalue weighted by atomic mass is 9.93. The highest BCUT2D eigenvalue weighted by Gasteiger charge is 2.34. The maximum atomic E-state index is 12.4. The van der Waals surface area contributed by atoms with Gasteiger partial charge in [0.1, 0.15) is 0 Å². The van der Waals surface area contributed by atoms with E-state index in [1.807, 2.05) is 30.3 Å². The van der Waals surface area contributed by atoms with E-state index < -0.39 is 0 Å². The van der Waals surface area contributed by atoms with Gasteiger partial charge in [0.2, 0.25) is 0 Å². The number of fused-ring (bicyclic) bond motifs is 1. The fraction of sp³-hybridized carbons (Fsp3) is 0.235. The molecule has 1 unspecified atom stereocenters. The van der Waals surface area contributed by atoms with Crippen LogP contribution in [0.25, 0.3) is 0 Å². The molecule has 0 aromatic heterocycles. The van der Waals surface area contributed by atoms with Gasteiger partial charge in [0.05, 0.1) is 19.8 Å². The van der Waals surface area contributed by atoms with E-state index >= 15 is 0 Å². The summed E-state index contributed by atoms with van der Waals surface area (Å²) in [4.78, 5) is 12.4. The van der Waals surface area contributed by atoms with Crippen LogP contribution in [0.4, 0.5) is 0 Å². The number of ether oxygens (including phenoxy) is 2. The third-order valence-electron chi connectivity index (χ3n) is 3.82. The molecule has 1 atom stereocenters. The van der Waals surface area contributed by atoms with Gasteiger partial charge in [-0.3, -0.25) is 4.79 Å². The van der Waals surface area contributed by atoms with E-state index in [9.17, 15) is 4.79 Å². The molecular formula is C17H16O3. The molecule has 0 bridgehead atoms. The van der Waals surface area contributed by atoms with Crippen molar-refractivity contribution in [1.29, 1.82) is 0 Å². The number of hydrogen-bond donors (Lipinski definition) is 0. The fourth-order valence-electron chi connectivity index (χ4n) is 2.90. The van der Waals surface area contributed by atoms with Crippen molar-refractivity contribution in [2.45, 2.75) is 12.3 Å². The number of Topliss-reactive ketones (excluding diaryl/α,β-unsaturated/α-hetero) is 1.